The highest BCUT2D eigenvalue weighted by molar-refractivity contribution is 5.79. The molecule has 1 aromatic heterocycles. The number of nitrogens with one attached hydrogen (secondary N) is 2. The molecule has 1 aliphatic heterocycles. The lowest BCUT2D eigenvalue weighted by molar-refractivity contribution is 0.206. The Morgan fingerprint density at radius 3 is 2.71 bits per heavy atom. The predicted octanol–water partition coefficient (Wildman–Crippen LogP) is 1.77. The molecule has 1 fully saturated rings. The van der Waals surface area contributed by atoms with Gasteiger partial charge in [-0.05, 0) is 25.8 Å². The summed E-state index contributed by atoms with van der Waals surface area (Å²) < 4.78 is 5.26. The quantitative estimate of drug-likeness (QED) is 0.584. The third kappa shape index (κ3) is 5.78. The van der Waals surface area contributed by atoms with Crippen molar-refractivity contribution >= 4 is 5.96 Å². The maximum atomic E-state index is 5.26. The van der Waals surface area contributed by atoms with Gasteiger partial charge in [0.2, 0.25) is 5.89 Å². The Balaban J connectivity index is 1.69. The van der Waals surface area contributed by atoms with Crippen molar-refractivity contribution in [2.75, 3.05) is 33.2 Å². The summed E-state index contributed by atoms with van der Waals surface area (Å²) in [5.41, 5.74) is 0. The third-order valence-electron chi connectivity index (χ3n) is 4.32. The number of hydrogen-bond donors (Lipinski definition) is 2. The Hall–Kier alpha value is -1.63. The topological polar surface area (TPSA) is 78.6 Å². The average Bonchev–Trinajstić information content (AvgIpc) is 3.05. The Kier molecular flexibility index (Phi) is 7.49. The molecule has 1 saturated heterocycles. The second kappa shape index (κ2) is 9.61. The standard InChI is InChI=1S/C17H32N6O/c1-5-10-23-11-7-14(8-12-23)20-17(18-4)19-9-6-15-21-16(13(2)3)22-24-15/h13-14H,5-12H2,1-4H3,(H2,18,19,20). The van der Waals surface area contributed by atoms with Crippen LogP contribution in [0.15, 0.2) is 9.52 Å². The van der Waals surface area contributed by atoms with Crippen LogP contribution in [-0.2, 0) is 6.42 Å². The molecular formula is C17H32N6O. The van der Waals surface area contributed by atoms with Crippen molar-refractivity contribution in [2.45, 2.75) is 58.4 Å². The molecule has 2 heterocycles. The lowest BCUT2D eigenvalue weighted by Crippen LogP contribution is -2.49. The van der Waals surface area contributed by atoms with Gasteiger partial charge in [0.1, 0.15) is 0 Å². The maximum Gasteiger partial charge on any atom is 0.228 e. The minimum atomic E-state index is 0.295. The van der Waals surface area contributed by atoms with Crippen LogP contribution in [0.2, 0.25) is 0 Å². The number of nitrogens with zero attached hydrogens (tertiary/aromatic N) is 4. The summed E-state index contributed by atoms with van der Waals surface area (Å²) in [4.78, 5) is 11.2. The van der Waals surface area contributed by atoms with Crippen LogP contribution >= 0.6 is 0 Å². The molecule has 0 spiro atoms. The van der Waals surface area contributed by atoms with Crippen LogP contribution < -0.4 is 10.6 Å². The molecule has 7 heteroatoms. The first-order valence-electron chi connectivity index (χ1n) is 9.14. The molecule has 0 radical (unpaired) electrons. The largest absolute Gasteiger partial charge is 0.356 e. The molecule has 0 aliphatic carbocycles. The summed E-state index contributed by atoms with van der Waals surface area (Å²) in [5.74, 6) is 2.59. The Bertz CT molecular complexity index is 505. The zero-order valence-corrected chi connectivity index (χ0v) is 15.5. The number of piperidine rings is 1. The van der Waals surface area contributed by atoms with Gasteiger partial charge in [-0.1, -0.05) is 25.9 Å². The van der Waals surface area contributed by atoms with Gasteiger partial charge in [-0.2, -0.15) is 4.98 Å². The molecule has 0 bridgehead atoms. The van der Waals surface area contributed by atoms with Gasteiger partial charge in [0, 0.05) is 45.1 Å². The van der Waals surface area contributed by atoms with Gasteiger partial charge >= 0.3 is 0 Å². The molecule has 1 aromatic rings. The van der Waals surface area contributed by atoms with Crippen molar-refractivity contribution in [2.24, 2.45) is 4.99 Å². The SMILES string of the molecule is CCCN1CCC(NC(=NC)NCCc2nc(C(C)C)no2)CC1. The van der Waals surface area contributed by atoms with E-state index >= 15 is 0 Å². The molecular weight excluding hydrogens is 304 g/mol. The van der Waals surface area contributed by atoms with E-state index in [1.807, 2.05) is 7.05 Å². The minimum absolute atomic E-state index is 0.295. The summed E-state index contributed by atoms with van der Waals surface area (Å²) in [6.07, 6.45) is 4.27. The molecule has 0 atom stereocenters. The predicted molar refractivity (Wildman–Crippen MR) is 96.3 cm³/mol. The van der Waals surface area contributed by atoms with E-state index in [-0.39, 0.29) is 0 Å². The number of rotatable bonds is 7. The Labute approximate surface area is 145 Å². The Morgan fingerprint density at radius 1 is 1.38 bits per heavy atom. The first kappa shape index (κ1) is 18.7. The lowest BCUT2D eigenvalue weighted by Gasteiger charge is -2.32. The first-order chi connectivity index (χ1) is 11.6. The molecule has 24 heavy (non-hydrogen) atoms. The van der Waals surface area contributed by atoms with Gasteiger partial charge in [0.25, 0.3) is 0 Å². The van der Waals surface area contributed by atoms with E-state index in [0.717, 1.165) is 18.3 Å². The molecule has 0 amide bonds. The van der Waals surface area contributed by atoms with Gasteiger partial charge in [-0.15, -0.1) is 0 Å². The zero-order chi connectivity index (χ0) is 17.4. The van der Waals surface area contributed by atoms with Gasteiger partial charge in [-0.25, -0.2) is 0 Å². The van der Waals surface area contributed by atoms with Crippen LogP contribution in [0, 0.1) is 0 Å². The van der Waals surface area contributed by atoms with Crippen molar-refractivity contribution in [3.05, 3.63) is 11.7 Å². The fraction of sp³-hybridized carbons (Fsp3) is 0.824. The summed E-state index contributed by atoms with van der Waals surface area (Å²) in [6, 6.07) is 0.500. The third-order valence-corrected chi connectivity index (χ3v) is 4.32. The average molecular weight is 336 g/mol. The van der Waals surface area contributed by atoms with Crippen LogP contribution in [0.5, 0.6) is 0 Å². The fourth-order valence-corrected chi connectivity index (χ4v) is 2.90. The van der Waals surface area contributed by atoms with Gasteiger partial charge in [0.15, 0.2) is 11.8 Å². The highest BCUT2D eigenvalue weighted by Gasteiger charge is 2.19. The van der Waals surface area contributed by atoms with Crippen LogP contribution in [0.1, 0.15) is 57.7 Å². The zero-order valence-electron chi connectivity index (χ0n) is 15.5. The van der Waals surface area contributed by atoms with Crippen LogP contribution in [-0.4, -0.2) is 60.3 Å². The number of hydrogen-bond acceptors (Lipinski definition) is 5. The second-order valence-corrected chi connectivity index (χ2v) is 6.71. The van der Waals surface area contributed by atoms with Crippen LogP contribution in [0.4, 0.5) is 0 Å². The number of likely N-dealkylation sites (tertiary alicyclic amines) is 1. The molecule has 2 rings (SSSR count). The molecule has 7 nitrogen and oxygen atoms in total. The normalized spacial score (nSPS) is 17.5. The van der Waals surface area contributed by atoms with Gasteiger partial charge in [0.05, 0.1) is 0 Å². The summed E-state index contributed by atoms with van der Waals surface area (Å²) in [5, 5.41) is 10.8. The van der Waals surface area contributed by atoms with E-state index in [9.17, 15) is 0 Å². The van der Waals surface area contributed by atoms with Gasteiger partial charge < -0.3 is 20.1 Å². The van der Waals surface area contributed by atoms with Crippen LogP contribution in [0.3, 0.4) is 0 Å². The van der Waals surface area contributed by atoms with E-state index in [0.29, 0.717) is 24.3 Å². The monoisotopic (exact) mass is 336 g/mol. The smallest absolute Gasteiger partial charge is 0.228 e. The van der Waals surface area contributed by atoms with E-state index in [1.54, 1.807) is 0 Å². The van der Waals surface area contributed by atoms with Crippen molar-refractivity contribution in [3.63, 3.8) is 0 Å². The second-order valence-electron chi connectivity index (χ2n) is 6.71. The van der Waals surface area contributed by atoms with Crippen LogP contribution in [0.25, 0.3) is 0 Å². The minimum Gasteiger partial charge on any atom is -0.356 e. The fourth-order valence-electron chi connectivity index (χ4n) is 2.90. The first-order valence-corrected chi connectivity index (χ1v) is 9.14. The number of aliphatic imine (C=N–C) groups is 1. The van der Waals surface area contributed by atoms with Crippen molar-refractivity contribution in [1.82, 2.24) is 25.7 Å². The number of guanidine groups is 1. The highest BCUT2D eigenvalue weighted by Crippen LogP contribution is 2.11. The van der Waals surface area contributed by atoms with E-state index in [2.05, 4.69) is 51.4 Å². The molecule has 2 N–H and O–H groups in total. The van der Waals surface area contributed by atoms with Crippen molar-refractivity contribution in [3.8, 4) is 0 Å². The van der Waals surface area contributed by atoms with E-state index < -0.39 is 0 Å². The summed E-state index contributed by atoms with van der Waals surface area (Å²) in [6.45, 7) is 10.6. The summed E-state index contributed by atoms with van der Waals surface area (Å²) >= 11 is 0. The lowest BCUT2D eigenvalue weighted by atomic mass is 10.1. The van der Waals surface area contributed by atoms with Gasteiger partial charge in [-0.3, -0.25) is 4.99 Å². The molecule has 0 aromatic carbocycles. The maximum absolute atomic E-state index is 5.26. The molecule has 0 unspecified atom stereocenters. The number of aromatic nitrogens is 2. The van der Waals surface area contributed by atoms with E-state index in [4.69, 9.17) is 4.52 Å². The van der Waals surface area contributed by atoms with Crippen molar-refractivity contribution in [1.29, 1.82) is 0 Å². The highest BCUT2D eigenvalue weighted by atomic mass is 16.5. The van der Waals surface area contributed by atoms with E-state index in [1.165, 1.54) is 38.9 Å². The Morgan fingerprint density at radius 2 is 2.12 bits per heavy atom. The molecule has 0 saturated carbocycles. The molecule has 1 aliphatic rings. The van der Waals surface area contributed by atoms with Crippen molar-refractivity contribution < 1.29 is 4.52 Å². The molecule has 136 valence electrons. The summed E-state index contributed by atoms with van der Waals surface area (Å²) in [7, 11) is 1.81.